The fraction of sp³-hybridized carbons (Fsp3) is 0.250. The number of halogens is 2. The molecule has 106 valence electrons. The van der Waals surface area contributed by atoms with E-state index in [9.17, 15) is 9.18 Å². The van der Waals surface area contributed by atoms with Gasteiger partial charge in [0.05, 0.1) is 0 Å². The number of hydrogen-bond acceptors (Lipinski definition) is 5. The molecular weight excluding hydrogens is 333 g/mol. The van der Waals surface area contributed by atoms with Crippen molar-refractivity contribution < 1.29 is 18.4 Å². The number of benzene rings is 1. The number of anilines is 1. The fourth-order valence-electron chi connectivity index (χ4n) is 1.42. The highest BCUT2D eigenvalue weighted by molar-refractivity contribution is 9.10. The summed E-state index contributed by atoms with van der Waals surface area (Å²) in [5.74, 6) is -0.549. The van der Waals surface area contributed by atoms with Crippen LogP contribution in [-0.2, 0) is 4.79 Å². The molecule has 0 spiro atoms. The molecule has 1 N–H and O–H groups in total. The van der Waals surface area contributed by atoms with E-state index in [1.165, 1.54) is 19.1 Å². The second-order valence-electron chi connectivity index (χ2n) is 3.97. The van der Waals surface area contributed by atoms with Crippen LogP contribution in [0.2, 0.25) is 0 Å². The van der Waals surface area contributed by atoms with Crippen molar-refractivity contribution in [2.75, 3.05) is 5.32 Å². The second-order valence-corrected chi connectivity index (χ2v) is 4.89. The molecule has 1 heterocycles. The van der Waals surface area contributed by atoms with Crippen molar-refractivity contribution in [2.24, 2.45) is 0 Å². The number of rotatable bonds is 4. The van der Waals surface area contributed by atoms with E-state index in [0.29, 0.717) is 4.47 Å². The Bertz CT molecular complexity index is 632. The minimum absolute atomic E-state index is 0.0285. The Labute approximate surface area is 122 Å². The molecule has 8 heteroatoms. The quantitative estimate of drug-likeness (QED) is 0.922. The van der Waals surface area contributed by atoms with Gasteiger partial charge in [0.25, 0.3) is 0 Å². The van der Waals surface area contributed by atoms with Gasteiger partial charge >= 0.3 is 6.01 Å². The molecule has 0 bridgehead atoms. The molecule has 1 aromatic carbocycles. The minimum Gasteiger partial charge on any atom is -0.480 e. The Morgan fingerprint density at radius 2 is 2.30 bits per heavy atom. The van der Waals surface area contributed by atoms with Gasteiger partial charge in [-0.2, -0.15) is 4.98 Å². The average molecular weight is 344 g/mol. The van der Waals surface area contributed by atoms with E-state index < -0.39 is 11.9 Å². The monoisotopic (exact) mass is 343 g/mol. The van der Waals surface area contributed by atoms with Gasteiger partial charge in [0.15, 0.2) is 17.7 Å². The third-order valence-electron chi connectivity index (χ3n) is 2.29. The topological polar surface area (TPSA) is 77.2 Å². The van der Waals surface area contributed by atoms with Crippen molar-refractivity contribution in [1.82, 2.24) is 10.1 Å². The van der Waals surface area contributed by atoms with Crippen LogP contribution in [0.5, 0.6) is 5.75 Å². The Balaban J connectivity index is 2.09. The predicted octanol–water partition coefficient (Wildman–Crippen LogP) is 3.07. The molecule has 1 amide bonds. The maximum absolute atomic E-state index is 13.6. The van der Waals surface area contributed by atoms with Crippen LogP contribution in [0.3, 0.4) is 0 Å². The summed E-state index contributed by atoms with van der Waals surface area (Å²) in [7, 11) is 0. The zero-order chi connectivity index (χ0) is 14.7. The molecule has 0 saturated carbocycles. The summed E-state index contributed by atoms with van der Waals surface area (Å²) < 4.78 is 24.5. The maximum Gasteiger partial charge on any atom is 0.328 e. The van der Waals surface area contributed by atoms with E-state index in [4.69, 9.17) is 9.26 Å². The van der Waals surface area contributed by atoms with Crippen LogP contribution in [0.25, 0.3) is 0 Å². The zero-order valence-electron chi connectivity index (χ0n) is 10.7. The Morgan fingerprint density at radius 3 is 2.95 bits per heavy atom. The lowest BCUT2D eigenvalue weighted by Crippen LogP contribution is -2.08. The highest BCUT2D eigenvalue weighted by Crippen LogP contribution is 2.26. The molecular formula is C12H11BrFN3O3. The minimum atomic E-state index is -0.628. The van der Waals surface area contributed by atoms with Gasteiger partial charge in [-0.15, -0.1) is 0 Å². The van der Waals surface area contributed by atoms with Crippen molar-refractivity contribution in [3.8, 4) is 5.75 Å². The highest BCUT2D eigenvalue weighted by Gasteiger charge is 2.17. The van der Waals surface area contributed by atoms with E-state index in [0.717, 1.165) is 0 Å². The first-order valence-electron chi connectivity index (χ1n) is 5.68. The maximum atomic E-state index is 13.6. The number of carbonyl (C=O) groups is 1. The van der Waals surface area contributed by atoms with Crippen LogP contribution in [0, 0.1) is 5.82 Å². The molecule has 1 aromatic heterocycles. The number of carbonyl (C=O) groups excluding carboxylic acids is 1. The first-order valence-corrected chi connectivity index (χ1v) is 6.48. The summed E-state index contributed by atoms with van der Waals surface area (Å²) in [5, 5.41) is 6.00. The smallest absolute Gasteiger partial charge is 0.328 e. The largest absolute Gasteiger partial charge is 0.480 e. The molecule has 0 aliphatic heterocycles. The summed E-state index contributed by atoms with van der Waals surface area (Å²) in [6, 6.07) is 4.41. The number of ether oxygens (including phenoxy) is 1. The third-order valence-corrected chi connectivity index (χ3v) is 2.78. The van der Waals surface area contributed by atoms with Gasteiger partial charge in [0.2, 0.25) is 11.7 Å². The number of amides is 1. The summed E-state index contributed by atoms with van der Waals surface area (Å²) in [5.41, 5.74) is 0. The van der Waals surface area contributed by atoms with E-state index >= 15 is 0 Å². The number of nitrogens with one attached hydrogen (secondary N) is 1. The van der Waals surface area contributed by atoms with Gasteiger partial charge in [-0.1, -0.05) is 21.1 Å². The lowest BCUT2D eigenvalue weighted by molar-refractivity contribution is -0.114. The standard InChI is InChI=1S/C12H11BrFN3O3/c1-6(11-16-12(20-17-11)15-7(2)18)19-10-4-3-8(13)5-9(10)14/h3-6H,1-2H3,(H,15,16,17,18)/t6-/m0/s1. The van der Waals surface area contributed by atoms with E-state index in [1.807, 2.05) is 0 Å². The highest BCUT2D eigenvalue weighted by atomic mass is 79.9. The summed E-state index contributed by atoms with van der Waals surface area (Å²) >= 11 is 3.16. The molecule has 0 fully saturated rings. The van der Waals surface area contributed by atoms with Crippen LogP contribution in [0.1, 0.15) is 25.8 Å². The molecule has 2 rings (SSSR count). The summed E-state index contributed by atoms with van der Waals surface area (Å²) in [6.45, 7) is 2.96. The van der Waals surface area contributed by atoms with E-state index in [-0.39, 0.29) is 23.5 Å². The molecule has 20 heavy (non-hydrogen) atoms. The molecule has 0 aliphatic rings. The van der Waals surface area contributed by atoms with Gasteiger partial charge in [-0.3, -0.25) is 10.1 Å². The molecule has 0 saturated heterocycles. The van der Waals surface area contributed by atoms with Crippen LogP contribution < -0.4 is 10.1 Å². The van der Waals surface area contributed by atoms with Crippen molar-refractivity contribution in [1.29, 1.82) is 0 Å². The van der Waals surface area contributed by atoms with E-state index in [2.05, 4.69) is 31.4 Å². The van der Waals surface area contributed by atoms with Gasteiger partial charge in [0.1, 0.15) is 0 Å². The predicted molar refractivity (Wildman–Crippen MR) is 71.7 cm³/mol. The fourth-order valence-corrected chi connectivity index (χ4v) is 1.75. The molecule has 6 nitrogen and oxygen atoms in total. The zero-order valence-corrected chi connectivity index (χ0v) is 12.3. The van der Waals surface area contributed by atoms with Crippen molar-refractivity contribution in [2.45, 2.75) is 20.0 Å². The van der Waals surface area contributed by atoms with Gasteiger partial charge in [-0.05, 0) is 25.1 Å². The molecule has 2 aromatic rings. The first kappa shape index (κ1) is 14.4. The van der Waals surface area contributed by atoms with Crippen LogP contribution in [-0.4, -0.2) is 16.0 Å². The van der Waals surface area contributed by atoms with Crippen LogP contribution in [0.4, 0.5) is 10.4 Å². The number of nitrogens with zero attached hydrogens (tertiary/aromatic N) is 2. The lowest BCUT2D eigenvalue weighted by atomic mass is 10.3. The van der Waals surface area contributed by atoms with Gasteiger partial charge in [0, 0.05) is 11.4 Å². The van der Waals surface area contributed by atoms with Crippen LogP contribution in [0.15, 0.2) is 27.2 Å². The average Bonchev–Trinajstić information content (AvgIpc) is 2.80. The molecule has 0 radical (unpaired) electrons. The van der Waals surface area contributed by atoms with E-state index in [1.54, 1.807) is 13.0 Å². The first-order chi connectivity index (χ1) is 9.45. The Morgan fingerprint density at radius 1 is 1.55 bits per heavy atom. The Hall–Kier alpha value is -1.96. The second kappa shape index (κ2) is 6.00. The van der Waals surface area contributed by atoms with Gasteiger partial charge in [-0.25, -0.2) is 4.39 Å². The molecule has 0 unspecified atom stereocenters. The van der Waals surface area contributed by atoms with Gasteiger partial charge < -0.3 is 9.26 Å². The summed E-state index contributed by atoms with van der Waals surface area (Å²) in [6.07, 6.45) is -0.628. The SMILES string of the molecule is CC(=O)Nc1nc([C@H](C)Oc2ccc(Br)cc2F)no1. The van der Waals surface area contributed by atoms with Crippen LogP contribution >= 0.6 is 15.9 Å². The Kier molecular flexibility index (Phi) is 4.33. The normalized spacial score (nSPS) is 12.0. The third kappa shape index (κ3) is 3.53. The molecule has 1 atom stereocenters. The number of aromatic nitrogens is 2. The molecule has 0 aliphatic carbocycles. The number of hydrogen-bond donors (Lipinski definition) is 1. The summed E-state index contributed by atoms with van der Waals surface area (Å²) in [4.78, 5) is 14.8. The lowest BCUT2D eigenvalue weighted by Gasteiger charge is -2.11. The van der Waals surface area contributed by atoms with Crippen molar-refractivity contribution >= 4 is 27.9 Å². The van der Waals surface area contributed by atoms with Crippen molar-refractivity contribution in [3.63, 3.8) is 0 Å². The van der Waals surface area contributed by atoms with Crippen molar-refractivity contribution in [3.05, 3.63) is 34.3 Å².